The fraction of sp³-hybridized carbons (Fsp3) is 0.545. The molecule has 0 aliphatic carbocycles. The van der Waals surface area contributed by atoms with Crippen LogP contribution in [0.2, 0.25) is 5.02 Å². The minimum absolute atomic E-state index is 0.173. The number of nitrogens with two attached hydrogens (primary N) is 1. The van der Waals surface area contributed by atoms with Gasteiger partial charge in [-0.2, -0.15) is 0 Å². The second kappa shape index (κ2) is 5.48. The highest BCUT2D eigenvalue weighted by molar-refractivity contribution is 6.31. The zero-order valence-electron chi connectivity index (χ0n) is 8.99. The lowest BCUT2D eigenvalue weighted by molar-refractivity contribution is 0.0664. The Bertz CT molecular complexity index is 354. The van der Waals surface area contributed by atoms with Gasteiger partial charge in [-0.15, -0.1) is 0 Å². The molecule has 1 atom stereocenters. The van der Waals surface area contributed by atoms with Crippen LogP contribution in [0.15, 0.2) is 12.3 Å². The monoisotopic (exact) mass is 242 g/mol. The van der Waals surface area contributed by atoms with Gasteiger partial charge in [0.25, 0.3) is 0 Å². The van der Waals surface area contributed by atoms with E-state index in [4.69, 9.17) is 26.8 Å². The Kier molecular flexibility index (Phi) is 3.98. The van der Waals surface area contributed by atoms with Crippen molar-refractivity contribution in [1.82, 2.24) is 4.98 Å². The maximum absolute atomic E-state index is 6.01. The van der Waals surface area contributed by atoms with Gasteiger partial charge in [0.15, 0.2) is 0 Å². The van der Waals surface area contributed by atoms with Crippen molar-refractivity contribution in [2.75, 3.05) is 13.2 Å². The molecule has 1 aromatic rings. The van der Waals surface area contributed by atoms with Crippen molar-refractivity contribution in [2.24, 2.45) is 5.73 Å². The van der Waals surface area contributed by atoms with Gasteiger partial charge in [0.1, 0.15) is 11.6 Å². The first kappa shape index (κ1) is 11.6. The summed E-state index contributed by atoms with van der Waals surface area (Å²) in [5.41, 5.74) is 6.38. The molecule has 1 saturated heterocycles. The number of hydrogen-bond donors (Lipinski definition) is 1. The zero-order chi connectivity index (χ0) is 11.4. The van der Waals surface area contributed by atoms with Crippen LogP contribution in [0.4, 0.5) is 0 Å². The van der Waals surface area contributed by atoms with E-state index in [1.54, 1.807) is 12.3 Å². The van der Waals surface area contributed by atoms with Crippen LogP contribution in [0.1, 0.15) is 18.4 Å². The molecule has 2 N–H and O–H groups in total. The summed E-state index contributed by atoms with van der Waals surface area (Å²) in [6, 6.07) is 1.78. The lowest BCUT2D eigenvalue weighted by Gasteiger charge is -2.11. The van der Waals surface area contributed by atoms with E-state index in [0.717, 1.165) is 25.0 Å². The number of pyridine rings is 1. The predicted octanol–water partition coefficient (Wildman–Crippen LogP) is 1.75. The van der Waals surface area contributed by atoms with E-state index in [-0.39, 0.29) is 6.10 Å². The molecule has 1 aliphatic heterocycles. The first-order valence-electron chi connectivity index (χ1n) is 5.38. The van der Waals surface area contributed by atoms with Crippen LogP contribution in [-0.2, 0) is 11.3 Å². The van der Waals surface area contributed by atoms with Gasteiger partial charge in [0.2, 0.25) is 5.88 Å². The van der Waals surface area contributed by atoms with E-state index >= 15 is 0 Å². The van der Waals surface area contributed by atoms with Gasteiger partial charge in [0.05, 0.1) is 6.10 Å². The molecule has 16 heavy (non-hydrogen) atoms. The quantitative estimate of drug-likeness (QED) is 0.874. The van der Waals surface area contributed by atoms with Gasteiger partial charge >= 0.3 is 0 Å². The van der Waals surface area contributed by atoms with Crippen LogP contribution in [0.5, 0.6) is 5.88 Å². The van der Waals surface area contributed by atoms with E-state index in [1.807, 2.05) is 0 Å². The van der Waals surface area contributed by atoms with E-state index in [2.05, 4.69) is 4.98 Å². The van der Waals surface area contributed by atoms with E-state index < -0.39 is 0 Å². The Morgan fingerprint density at radius 2 is 2.50 bits per heavy atom. The van der Waals surface area contributed by atoms with Crippen LogP contribution in [0, 0.1) is 0 Å². The average molecular weight is 243 g/mol. The van der Waals surface area contributed by atoms with Gasteiger partial charge in [-0.05, 0) is 24.5 Å². The van der Waals surface area contributed by atoms with Crippen LogP contribution in [-0.4, -0.2) is 24.3 Å². The van der Waals surface area contributed by atoms with Crippen LogP contribution in [0.25, 0.3) is 0 Å². The van der Waals surface area contributed by atoms with Crippen molar-refractivity contribution in [3.8, 4) is 5.88 Å². The van der Waals surface area contributed by atoms with Crippen LogP contribution < -0.4 is 10.5 Å². The fourth-order valence-corrected chi connectivity index (χ4v) is 1.87. The van der Waals surface area contributed by atoms with Crippen molar-refractivity contribution < 1.29 is 9.47 Å². The Morgan fingerprint density at radius 1 is 1.62 bits per heavy atom. The van der Waals surface area contributed by atoms with E-state index in [1.165, 1.54) is 0 Å². The highest BCUT2D eigenvalue weighted by Crippen LogP contribution is 2.23. The first-order chi connectivity index (χ1) is 7.79. The van der Waals surface area contributed by atoms with Crippen molar-refractivity contribution in [1.29, 1.82) is 0 Å². The topological polar surface area (TPSA) is 57.4 Å². The van der Waals surface area contributed by atoms with E-state index in [0.29, 0.717) is 24.1 Å². The van der Waals surface area contributed by atoms with Crippen molar-refractivity contribution >= 4 is 11.6 Å². The van der Waals surface area contributed by atoms with Gasteiger partial charge < -0.3 is 15.2 Å². The summed E-state index contributed by atoms with van der Waals surface area (Å²) < 4.78 is 11.0. The molecule has 0 amide bonds. The molecule has 5 heteroatoms. The highest BCUT2D eigenvalue weighted by atomic mass is 35.5. The summed E-state index contributed by atoms with van der Waals surface area (Å²) in [5, 5.41) is 0.501. The summed E-state index contributed by atoms with van der Waals surface area (Å²) in [4.78, 5) is 4.12. The number of hydrogen-bond acceptors (Lipinski definition) is 4. The summed E-state index contributed by atoms with van der Waals surface area (Å²) in [6.45, 7) is 1.76. The number of rotatable bonds is 4. The zero-order valence-corrected chi connectivity index (χ0v) is 9.74. The largest absolute Gasteiger partial charge is 0.474 e. The van der Waals surface area contributed by atoms with E-state index in [9.17, 15) is 0 Å². The SMILES string of the molecule is NCc1cnc(OCC2CCCO2)c(Cl)c1. The third-order valence-electron chi connectivity index (χ3n) is 2.53. The number of aromatic nitrogens is 1. The molecule has 1 aliphatic rings. The van der Waals surface area contributed by atoms with Gasteiger partial charge in [0, 0.05) is 19.3 Å². The first-order valence-corrected chi connectivity index (χ1v) is 5.76. The predicted molar refractivity (Wildman–Crippen MR) is 61.6 cm³/mol. The lowest BCUT2D eigenvalue weighted by atomic mass is 10.2. The minimum atomic E-state index is 0.173. The number of nitrogens with zero attached hydrogens (tertiary/aromatic N) is 1. The minimum Gasteiger partial charge on any atom is -0.474 e. The van der Waals surface area contributed by atoms with Gasteiger partial charge in [-0.1, -0.05) is 11.6 Å². The molecule has 0 radical (unpaired) electrons. The van der Waals surface area contributed by atoms with Crippen molar-refractivity contribution in [3.63, 3.8) is 0 Å². The number of halogens is 1. The smallest absolute Gasteiger partial charge is 0.232 e. The molecule has 2 heterocycles. The molecular weight excluding hydrogens is 228 g/mol. The van der Waals surface area contributed by atoms with Crippen molar-refractivity contribution in [3.05, 3.63) is 22.8 Å². The summed E-state index contributed by atoms with van der Waals surface area (Å²) in [6.07, 6.45) is 3.99. The second-order valence-electron chi connectivity index (χ2n) is 3.78. The Labute approximate surface area is 99.7 Å². The Hall–Kier alpha value is -0.840. The third kappa shape index (κ3) is 2.84. The fourth-order valence-electron chi connectivity index (χ4n) is 1.63. The molecule has 0 saturated carbocycles. The maximum Gasteiger partial charge on any atom is 0.232 e. The van der Waals surface area contributed by atoms with Crippen LogP contribution >= 0.6 is 11.6 Å². The molecule has 1 aromatic heterocycles. The molecular formula is C11H15ClN2O2. The highest BCUT2D eigenvalue weighted by Gasteiger charge is 2.17. The van der Waals surface area contributed by atoms with Gasteiger partial charge in [-0.25, -0.2) is 4.98 Å². The summed E-state index contributed by atoms with van der Waals surface area (Å²) in [7, 11) is 0. The molecule has 0 aromatic carbocycles. The average Bonchev–Trinajstić information content (AvgIpc) is 2.80. The molecule has 0 spiro atoms. The molecule has 0 bridgehead atoms. The molecule has 4 nitrogen and oxygen atoms in total. The molecule has 1 unspecified atom stereocenters. The standard InChI is InChI=1S/C11H15ClN2O2/c12-10-4-8(5-13)6-14-11(10)16-7-9-2-1-3-15-9/h4,6,9H,1-3,5,7,13H2. The van der Waals surface area contributed by atoms with Crippen LogP contribution in [0.3, 0.4) is 0 Å². The lowest BCUT2D eigenvalue weighted by Crippen LogP contribution is -2.17. The summed E-state index contributed by atoms with van der Waals surface area (Å²) >= 11 is 6.01. The number of ether oxygens (including phenoxy) is 2. The molecule has 2 rings (SSSR count). The second-order valence-corrected chi connectivity index (χ2v) is 4.19. The third-order valence-corrected chi connectivity index (χ3v) is 2.80. The maximum atomic E-state index is 6.01. The van der Waals surface area contributed by atoms with Gasteiger partial charge in [-0.3, -0.25) is 0 Å². The molecule has 1 fully saturated rings. The van der Waals surface area contributed by atoms with Crippen molar-refractivity contribution in [2.45, 2.75) is 25.5 Å². The summed E-state index contributed by atoms with van der Waals surface area (Å²) in [5.74, 6) is 0.453. The molecule has 88 valence electrons. The normalized spacial score (nSPS) is 20.0. The Morgan fingerprint density at radius 3 is 3.12 bits per heavy atom. The Balaban J connectivity index is 1.93.